The molecular formula is C26H55N4P. The van der Waals surface area contributed by atoms with E-state index < -0.39 is 7.51 Å². The van der Waals surface area contributed by atoms with Gasteiger partial charge in [-0.25, -0.2) is 14.0 Å². The molecule has 3 rings (SSSR count). The van der Waals surface area contributed by atoms with Crippen molar-refractivity contribution in [3.63, 3.8) is 0 Å². The molecular weight excluding hydrogens is 399 g/mol. The van der Waals surface area contributed by atoms with Gasteiger partial charge in [-0.1, -0.05) is 78.6 Å². The summed E-state index contributed by atoms with van der Waals surface area (Å²) in [6.45, 7) is 15.2. The third-order valence-corrected chi connectivity index (χ3v) is 11.2. The summed E-state index contributed by atoms with van der Waals surface area (Å²) in [6, 6.07) is 0. The van der Waals surface area contributed by atoms with Crippen LogP contribution >= 0.6 is 7.51 Å². The molecule has 184 valence electrons. The van der Waals surface area contributed by atoms with Crippen LogP contribution in [0.4, 0.5) is 0 Å². The zero-order valence-corrected chi connectivity index (χ0v) is 22.4. The average Bonchev–Trinajstić information content (AvgIpc) is 3.60. The van der Waals surface area contributed by atoms with Gasteiger partial charge >= 0.3 is 0 Å². The first kappa shape index (κ1) is 27.4. The summed E-state index contributed by atoms with van der Waals surface area (Å²) >= 11 is 0. The summed E-state index contributed by atoms with van der Waals surface area (Å²) in [5.41, 5.74) is 0. The molecule has 0 aromatic rings. The first-order valence-electron chi connectivity index (χ1n) is 14.2. The molecule has 0 atom stereocenters. The van der Waals surface area contributed by atoms with E-state index in [4.69, 9.17) is 4.74 Å². The van der Waals surface area contributed by atoms with Gasteiger partial charge in [-0.15, -0.1) is 0 Å². The van der Waals surface area contributed by atoms with E-state index >= 15 is 0 Å². The molecule has 0 aliphatic carbocycles. The highest BCUT2D eigenvalue weighted by Crippen LogP contribution is 2.62. The SMILES string of the molecule is CC.CCCCCCCCCCCCN=P(N1CCCC1)(N1CCCC1)N1CCCC1. The molecule has 4 nitrogen and oxygen atoms in total. The van der Waals surface area contributed by atoms with Gasteiger partial charge in [0.05, 0.1) is 0 Å². The minimum atomic E-state index is -1.59. The Hall–Kier alpha value is 0.110. The average molecular weight is 455 g/mol. The Balaban J connectivity index is 0.00000166. The van der Waals surface area contributed by atoms with Gasteiger partial charge in [0.2, 0.25) is 0 Å². The number of unbranched alkanes of at least 4 members (excludes halogenated alkanes) is 9. The molecule has 0 aromatic carbocycles. The second-order valence-corrected chi connectivity index (χ2v) is 12.6. The fourth-order valence-electron chi connectivity index (χ4n) is 5.52. The largest absolute Gasteiger partial charge is 0.261 e. The fraction of sp³-hybridized carbons (Fsp3) is 1.00. The second-order valence-electron chi connectivity index (χ2n) is 9.57. The molecule has 3 fully saturated rings. The zero-order valence-electron chi connectivity index (χ0n) is 21.5. The van der Waals surface area contributed by atoms with Gasteiger partial charge in [0.15, 0.2) is 7.51 Å². The lowest BCUT2D eigenvalue weighted by atomic mass is 10.1. The molecule has 0 aromatic heterocycles. The van der Waals surface area contributed by atoms with E-state index in [2.05, 4.69) is 20.9 Å². The Morgan fingerprint density at radius 2 is 0.839 bits per heavy atom. The van der Waals surface area contributed by atoms with Crippen LogP contribution in [0.1, 0.15) is 124 Å². The molecule has 0 amide bonds. The minimum absolute atomic E-state index is 1.10. The highest BCUT2D eigenvalue weighted by atomic mass is 31.2. The molecule has 0 radical (unpaired) electrons. The maximum atomic E-state index is 5.66. The van der Waals surface area contributed by atoms with Crippen molar-refractivity contribution in [2.24, 2.45) is 4.74 Å². The van der Waals surface area contributed by atoms with Crippen molar-refractivity contribution >= 4 is 7.51 Å². The van der Waals surface area contributed by atoms with Crippen molar-refractivity contribution < 1.29 is 0 Å². The Morgan fingerprint density at radius 1 is 0.516 bits per heavy atom. The van der Waals surface area contributed by atoms with E-state index in [1.165, 1.54) is 142 Å². The predicted octanol–water partition coefficient (Wildman–Crippen LogP) is 8.17. The molecule has 0 unspecified atom stereocenters. The van der Waals surface area contributed by atoms with Gasteiger partial charge < -0.3 is 0 Å². The predicted molar refractivity (Wildman–Crippen MR) is 140 cm³/mol. The van der Waals surface area contributed by atoms with E-state index in [1.807, 2.05) is 13.8 Å². The topological polar surface area (TPSA) is 22.1 Å². The highest BCUT2D eigenvalue weighted by Gasteiger charge is 2.42. The summed E-state index contributed by atoms with van der Waals surface area (Å²) in [5, 5.41) is 0. The standard InChI is InChI=1S/C24H49N4P.C2H6/c1-2-3-4-5-6-7-8-9-10-11-18-25-29(26-19-12-13-20-26,27-21-14-15-22-27)28-23-16-17-24-28;1-2/h2-24H2,1H3;1-2H3. The van der Waals surface area contributed by atoms with Gasteiger partial charge in [-0.2, -0.15) is 0 Å². The Labute approximate surface area is 195 Å². The van der Waals surface area contributed by atoms with Crippen LogP contribution in [0.15, 0.2) is 4.74 Å². The van der Waals surface area contributed by atoms with Crippen LogP contribution in [0.3, 0.4) is 0 Å². The lowest BCUT2D eigenvalue weighted by molar-refractivity contribution is 0.381. The van der Waals surface area contributed by atoms with E-state index in [-0.39, 0.29) is 0 Å². The first-order valence-corrected chi connectivity index (χ1v) is 15.8. The molecule has 3 aliphatic rings. The smallest absolute Gasteiger partial charge is 0.167 e. The number of rotatable bonds is 14. The van der Waals surface area contributed by atoms with Crippen molar-refractivity contribution in [2.45, 2.75) is 124 Å². The second kappa shape index (κ2) is 16.7. The maximum absolute atomic E-state index is 5.66. The Kier molecular flexibility index (Phi) is 14.7. The molecule has 3 aliphatic heterocycles. The van der Waals surface area contributed by atoms with Crippen LogP contribution < -0.4 is 0 Å². The van der Waals surface area contributed by atoms with Crippen LogP contribution in [0.5, 0.6) is 0 Å². The van der Waals surface area contributed by atoms with E-state index in [0.29, 0.717) is 0 Å². The van der Waals surface area contributed by atoms with Crippen LogP contribution in [0.2, 0.25) is 0 Å². The van der Waals surface area contributed by atoms with Gasteiger partial charge in [-0.3, -0.25) is 4.74 Å². The highest BCUT2D eigenvalue weighted by molar-refractivity contribution is 7.59. The van der Waals surface area contributed by atoms with Crippen LogP contribution in [-0.2, 0) is 0 Å². The maximum Gasteiger partial charge on any atom is 0.167 e. The van der Waals surface area contributed by atoms with Crippen molar-refractivity contribution in [1.82, 2.24) is 14.0 Å². The quantitative estimate of drug-likeness (QED) is 0.195. The van der Waals surface area contributed by atoms with Crippen molar-refractivity contribution in [3.8, 4) is 0 Å². The molecule has 0 spiro atoms. The van der Waals surface area contributed by atoms with E-state index in [9.17, 15) is 0 Å². The van der Waals surface area contributed by atoms with E-state index in [1.54, 1.807) is 0 Å². The normalized spacial score (nSPS) is 20.9. The zero-order chi connectivity index (χ0) is 22.2. The Bertz CT molecular complexity index is 430. The van der Waals surface area contributed by atoms with Gasteiger partial charge in [0.25, 0.3) is 0 Å². The Morgan fingerprint density at radius 3 is 1.19 bits per heavy atom. The molecule has 0 N–H and O–H groups in total. The van der Waals surface area contributed by atoms with Crippen LogP contribution in [-0.4, -0.2) is 59.8 Å². The lowest BCUT2D eigenvalue weighted by Crippen LogP contribution is -2.38. The molecule has 31 heavy (non-hydrogen) atoms. The molecule has 5 heteroatoms. The lowest BCUT2D eigenvalue weighted by Gasteiger charge is -2.46. The molecule has 0 saturated carbocycles. The summed E-state index contributed by atoms with van der Waals surface area (Å²) in [6.07, 6.45) is 22.5. The third kappa shape index (κ3) is 8.43. The summed E-state index contributed by atoms with van der Waals surface area (Å²) in [5.74, 6) is 0. The molecule has 3 heterocycles. The number of hydrogen-bond acceptors (Lipinski definition) is 1. The van der Waals surface area contributed by atoms with Gasteiger partial charge in [0.1, 0.15) is 0 Å². The first-order chi connectivity index (χ1) is 15.4. The van der Waals surface area contributed by atoms with Gasteiger partial charge in [-0.05, 0) is 44.9 Å². The third-order valence-electron chi connectivity index (χ3n) is 7.19. The summed E-state index contributed by atoms with van der Waals surface area (Å²) in [7, 11) is -1.59. The number of nitrogens with zero attached hydrogens (tertiary/aromatic N) is 4. The minimum Gasteiger partial charge on any atom is -0.261 e. The summed E-state index contributed by atoms with van der Waals surface area (Å²) < 4.78 is 14.2. The molecule has 3 saturated heterocycles. The van der Waals surface area contributed by atoms with Gasteiger partial charge in [0, 0.05) is 45.8 Å². The molecule has 0 bridgehead atoms. The van der Waals surface area contributed by atoms with Crippen LogP contribution in [0.25, 0.3) is 0 Å². The van der Waals surface area contributed by atoms with Crippen molar-refractivity contribution in [3.05, 3.63) is 0 Å². The monoisotopic (exact) mass is 454 g/mol. The van der Waals surface area contributed by atoms with Crippen molar-refractivity contribution in [1.29, 1.82) is 0 Å². The number of hydrogen-bond donors (Lipinski definition) is 0. The van der Waals surface area contributed by atoms with Crippen LogP contribution in [0, 0.1) is 0 Å². The van der Waals surface area contributed by atoms with Crippen molar-refractivity contribution in [2.75, 3.05) is 45.8 Å². The summed E-state index contributed by atoms with van der Waals surface area (Å²) in [4.78, 5) is 0. The van der Waals surface area contributed by atoms with E-state index in [0.717, 1.165) is 6.54 Å². The fourth-order valence-corrected chi connectivity index (χ4v) is 9.99.